The summed E-state index contributed by atoms with van der Waals surface area (Å²) in [4.78, 5) is 9.04. The lowest BCUT2D eigenvalue weighted by molar-refractivity contribution is 0.273. The van der Waals surface area contributed by atoms with Gasteiger partial charge in [-0.2, -0.15) is 0 Å². The molecule has 0 radical (unpaired) electrons. The summed E-state index contributed by atoms with van der Waals surface area (Å²) in [7, 11) is 0. The zero-order valence-electron chi connectivity index (χ0n) is 12.8. The number of pyridine rings is 1. The molecule has 1 N–H and O–H groups in total. The number of hydrogen-bond acceptors (Lipinski definition) is 4. The van der Waals surface area contributed by atoms with Gasteiger partial charge in [-0.05, 0) is 38.4 Å². The molecule has 1 aromatic rings. The van der Waals surface area contributed by atoms with Gasteiger partial charge in [0.05, 0.1) is 0 Å². The summed E-state index contributed by atoms with van der Waals surface area (Å²) in [6, 6.07) is 2.35. The maximum absolute atomic E-state index is 14.7. The van der Waals surface area contributed by atoms with Gasteiger partial charge in [0, 0.05) is 44.0 Å². The number of nitrogens with zero attached hydrogens (tertiary/aromatic N) is 3. The zero-order valence-corrected chi connectivity index (χ0v) is 12.8. The summed E-state index contributed by atoms with van der Waals surface area (Å²) < 4.78 is 14.7. The SMILES string of the molecule is CCNCc1ccnc(N2CCCN3CCCC3C2)c1F. The lowest BCUT2D eigenvalue weighted by atomic mass is 10.2. The number of rotatable bonds is 4. The first kappa shape index (κ1) is 14.7. The van der Waals surface area contributed by atoms with Crippen LogP contribution in [-0.2, 0) is 6.54 Å². The fourth-order valence-corrected chi connectivity index (χ4v) is 3.49. The topological polar surface area (TPSA) is 31.4 Å². The minimum Gasteiger partial charge on any atom is -0.353 e. The van der Waals surface area contributed by atoms with Crippen LogP contribution in [0, 0.1) is 5.82 Å². The molecule has 21 heavy (non-hydrogen) atoms. The van der Waals surface area contributed by atoms with E-state index in [0.29, 0.717) is 18.4 Å². The Morgan fingerprint density at radius 2 is 2.19 bits per heavy atom. The molecule has 0 aliphatic carbocycles. The van der Waals surface area contributed by atoms with Crippen molar-refractivity contribution in [3.63, 3.8) is 0 Å². The second-order valence-electron chi connectivity index (χ2n) is 6.02. The van der Waals surface area contributed by atoms with Crippen molar-refractivity contribution in [3.05, 3.63) is 23.6 Å². The smallest absolute Gasteiger partial charge is 0.170 e. The first-order chi connectivity index (χ1) is 10.3. The number of fused-ring (bicyclic) bond motifs is 1. The van der Waals surface area contributed by atoms with Gasteiger partial charge in [0.15, 0.2) is 11.6 Å². The number of hydrogen-bond donors (Lipinski definition) is 1. The monoisotopic (exact) mass is 292 g/mol. The summed E-state index contributed by atoms with van der Waals surface area (Å²) in [5, 5.41) is 3.19. The van der Waals surface area contributed by atoms with Gasteiger partial charge in [-0.25, -0.2) is 9.37 Å². The van der Waals surface area contributed by atoms with Crippen LogP contribution in [0.25, 0.3) is 0 Å². The first-order valence-electron chi connectivity index (χ1n) is 8.12. The molecule has 0 saturated carbocycles. The van der Waals surface area contributed by atoms with Crippen LogP contribution in [0.1, 0.15) is 31.7 Å². The van der Waals surface area contributed by atoms with Crippen molar-refractivity contribution < 1.29 is 4.39 Å². The molecular weight excluding hydrogens is 267 g/mol. The molecule has 2 aliphatic rings. The van der Waals surface area contributed by atoms with Gasteiger partial charge in [-0.3, -0.25) is 4.90 Å². The van der Waals surface area contributed by atoms with Crippen LogP contribution in [0.2, 0.25) is 0 Å². The maximum Gasteiger partial charge on any atom is 0.170 e. The Bertz CT molecular complexity index is 479. The third-order valence-corrected chi connectivity index (χ3v) is 4.62. The minimum atomic E-state index is -0.148. The quantitative estimate of drug-likeness (QED) is 0.920. The molecule has 3 rings (SSSR count). The van der Waals surface area contributed by atoms with Crippen LogP contribution in [0.15, 0.2) is 12.3 Å². The van der Waals surface area contributed by atoms with E-state index in [1.165, 1.54) is 19.4 Å². The molecule has 1 unspecified atom stereocenters. The highest BCUT2D eigenvalue weighted by Crippen LogP contribution is 2.26. The van der Waals surface area contributed by atoms with E-state index in [0.717, 1.165) is 38.2 Å². The Hall–Kier alpha value is -1.20. The van der Waals surface area contributed by atoms with Gasteiger partial charge in [0.25, 0.3) is 0 Å². The summed E-state index contributed by atoms with van der Waals surface area (Å²) in [5.41, 5.74) is 0.717. The van der Waals surface area contributed by atoms with Gasteiger partial charge in [-0.1, -0.05) is 6.92 Å². The average molecular weight is 292 g/mol. The van der Waals surface area contributed by atoms with E-state index < -0.39 is 0 Å². The molecule has 0 spiro atoms. The lowest BCUT2D eigenvalue weighted by Crippen LogP contribution is -2.37. The molecule has 0 aromatic carbocycles. The van der Waals surface area contributed by atoms with E-state index >= 15 is 0 Å². The number of anilines is 1. The van der Waals surface area contributed by atoms with E-state index in [2.05, 4.69) is 20.1 Å². The fraction of sp³-hybridized carbons (Fsp3) is 0.688. The molecule has 3 heterocycles. The molecule has 2 saturated heterocycles. The third kappa shape index (κ3) is 3.19. The highest BCUT2D eigenvalue weighted by atomic mass is 19.1. The molecule has 4 nitrogen and oxygen atoms in total. The zero-order chi connectivity index (χ0) is 14.7. The van der Waals surface area contributed by atoms with Crippen molar-refractivity contribution in [1.29, 1.82) is 0 Å². The number of aromatic nitrogens is 1. The normalized spacial score (nSPS) is 23.1. The predicted molar refractivity (Wildman–Crippen MR) is 83.0 cm³/mol. The molecule has 1 aromatic heterocycles. The van der Waals surface area contributed by atoms with Crippen molar-refractivity contribution in [1.82, 2.24) is 15.2 Å². The van der Waals surface area contributed by atoms with Crippen LogP contribution in [-0.4, -0.2) is 48.6 Å². The van der Waals surface area contributed by atoms with E-state index in [9.17, 15) is 4.39 Å². The van der Waals surface area contributed by atoms with Gasteiger partial charge >= 0.3 is 0 Å². The van der Waals surface area contributed by atoms with Gasteiger partial charge in [0.2, 0.25) is 0 Å². The predicted octanol–water partition coefficient (Wildman–Crippen LogP) is 2.00. The second kappa shape index (κ2) is 6.71. The van der Waals surface area contributed by atoms with Gasteiger partial charge in [-0.15, -0.1) is 0 Å². The molecule has 5 heteroatoms. The van der Waals surface area contributed by atoms with Crippen molar-refractivity contribution in [3.8, 4) is 0 Å². The van der Waals surface area contributed by atoms with Crippen LogP contribution in [0.4, 0.5) is 10.2 Å². The molecule has 2 aliphatic heterocycles. The molecular formula is C16H25FN4. The van der Waals surface area contributed by atoms with Crippen LogP contribution in [0.3, 0.4) is 0 Å². The average Bonchev–Trinajstić information content (AvgIpc) is 2.84. The summed E-state index contributed by atoms with van der Waals surface area (Å²) >= 11 is 0. The van der Waals surface area contributed by atoms with Crippen molar-refractivity contribution in [2.75, 3.05) is 37.6 Å². The van der Waals surface area contributed by atoms with E-state index in [1.54, 1.807) is 12.3 Å². The Balaban J connectivity index is 1.78. The Morgan fingerprint density at radius 3 is 3.05 bits per heavy atom. The Labute approximate surface area is 126 Å². The van der Waals surface area contributed by atoms with Crippen LogP contribution >= 0.6 is 0 Å². The minimum absolute atomic E-state index is 0.148. The van der Waals surface area contributed by atoms with Crippen molar-refractivity contribution >= 4 is 5.82 Å². The van der Waals surface area contributed by atoms with Crippen LogP contribution in [0.5, 0.6) is 0 Å². The second-order valence-corrected chi connectivity index (χ2v) is 6.02. The molecule has 116 valence electrons. The highest BCUT2D eigenvalue weighted by Gasteiger charge is 2.30. The number of nitrogens with one attached hydrogen (secondary N) is 1. The highest BCUT2D eigenvalue weighted by molar-refractivity contribution is 5.43. The first-order valence-corrected chi connectivity index (χ1v) is 8.12. The van der Waals surface area contributed by atoms with Crippen LogP contribution < -0.4 is 10.2 Å². The van der Waals surface area contributed by atoms with E-state index in [-0.39, 0.29) is 5.82 Å². The van der Waals surface area contributed by atoms with Crippen molar-refractivity contribution in [2.45, 2.75) is 38.8 Å². The lowest BCUT2D eigenvalue weighted by Gasteiger charge is -2.27. The molecule has 2 fully saturated rings. The largest absolute Gasteiger partial charge is 0.353 e. The summed E-state index contributed by atoms with van der Waals surface area (Å²) in [5.74, 6) is 0.393. The molecule has 0 bridgehead atoms. The number of halogens is 1. The summed E-state index contributed by atoms with van der Waals surface area (Å²) in [6.07, 6.45) is 5.33. The summed E-state index contributed by atoms with van der Waals surface area (Å²) in [6.45, 7) is 7.60. The Morgan fingerprint density at radius 1 is 1.33 bits per heavy atom. The third-order valence-electron chi connectivity index (χ3n) is 4.62. The van der Waals surface area contributed by atoms with E-state index in [1.807, 2.05) is 6.92 Å². The fourth-order valence-electron chi connectivity index (χ4n) is 3.49. The van der Waals surface area contributed by atoms with Gasteiger partial charge in [0.1, 0.15) is 0 Å². The maximum atomic E-state index is 14.7. The van der Waals surface area contributed by atoms with Crippen molar-refractivity contribution in [2.24, 2.45) is 0 Å². The van der Waals surface area contributed by atoms with Gasteiger partial charge < -0.3 is 10.2 Å². The Kier molecular flexibility index (Phi) is 4.70. The molecule has 0 amide bonds. The standard InChI is InChI=1S/C16H25FN4/c1-2-18-11-13-6-7-19-16(15(13)17)21-10-4-9-20-8-3-5-14(20)12-21/h6-7,14,18H,2-5,8-12H2,1H3. The molecule has 1 atom stereocenters. The van der Waals surface area contributed by atoms with E-state index in [4.69, 9.17) is 0 Å².